The van der Waals surface area contributed by atoms with E-state index in [0.29, 0.717) is 6.54 Å². The summed E-state index contributed by atoms with van der Waals surface area (Å²) in [5.41, 5.74) is 4.98. The molecule has 0 saturated heterocycles. The number of halogens is 2. The van der Waals surface area contributed by atoms with Crippen LogP contribution in [0.1, 0.15) is 70.4 Å². The van der Waals surface area contributed by atoms with Crippen LogP contribution in [0.5, 0.6) is 0 Å². The van der Waals surface area contributed by atoms with Crippen molar-refractivity contribution in [1.82, 2.24) is 35.5 Å². The highest BCUT2D eigenvalue weighted by Gasteiger charge is 2.27. The van der Waals surface area contributed by atoms with E-state index in [1.807, 2.05) is 30.6 Å². The zero-order valence-corrected chi connectivity index (χ0v) is 23.9. The summed E-state index contributed by atoms with van der Waals surface area (Å²) >= 11 is 12.2. The molecule has 2 atom stereocenters. The van der Waals surface area contributed by atoms with E-state index < -0.39 is 0 Å². The van der Waals surface area contributed by atoms with Crippen molar-refractivity contribution in [1.29, 1.82) is 0 Å². The van der Waals surface area contributed by atoms with Gasteiger partial charge in [0.2, 0.25) is 0 Å². The quantitative estimate of drug-likeness (QED) is 0.212. The van der Waals surface area contributed by atoms with Crippen LogP contribution < -0.4 is 10.6 Å². The Labute approximate surface area is 244 Å². The lowest BCUT2D eigenvalue weighted by molar-refractivity contribution is 0.0951. The van der Waals surface area contributed by atoms with E-state index in [-0.39, 0.29) is 33.6 Å². The van der Waals surface area contributed by atoms with Gasteiger partial charge in [-0.2, -0.15) is 0 Å². The van der Waals surface area contributed by atoms with Crippen molar-refractivity contribution in [2.24, 2.45) is 0 Å². The highest BCUT2D eigenvalue weighted by Crippen LogP contribution is 2.33. The van der Waals surface area contributed by atoms with E-state index >= 15 is 0 Å². The van der Waals surface area contributed by atoms with Crippen LogP contribution in [0.25, 0.3) is 0 Å². The first-order valence-corrected chi connectivity index (χ1v) is 14.3. The number of H-pyrrole nitrogens is 1. The molecule has 1 aliphatic rings. The Morgan fingerprint density at radius 2 is 1.88 bits per heavy atom. The summed E-state index contributed by atoms with van der Waals surface area (Å²) in [5, 5.41) is 6.96. The molecule has 40 heavy (non-hydrogen) atoms. The fraction of sp³-hybridized carbons (Fsp3) is 0.333. The second-order valence-corrected chi connectivity index (χ2v) is 10.9. The van der Waals surface area contributed by atoms with Crippen molar-refractivity contribution in [3.8, 4) is 0 Å². The van der Waals surface area contributed by atoms with Gasteiger partial charge in [0.25, 0.3) is 5.91 Å². The molecule has 0 spiro atoms. The van der Waals surface area contributed by atoms with Gasteiger partial charge >= 0.3 is 0 Å². The summed E-state index contributed by atoms with van der Waals surface area (Å²) in [6.45, 7) is 4.98. The van der Waals surface area contributed by atoms with Gasteiger partial charge in [0.05, 0.1) is 33.4 Å². The number of carbonyl (C=O) groups is 1. The Morgan fingerprint density at radius 3 is 2.62 bits per heavy atom. The van der Waals surface area contributed by atoms with Gasteiger partial charge in [-0.3, -0.25) is 19.7 Å². The first-order valence-electron chi connectivity index (χ1n) is 13.5. The van der Waals surface area contributed by atoms with Crippen LogP contribution in [-0.4, -0.2) is 43.8 Å². The van der Waals surface area contributed by atoms with E-state index in [2.05, 4.69) is 55.6 Å². The number of amides is 1. The minimum Gasteiger partial charge on any atom is -0.348 e. The van der Waals surface area contributed by atoms with E-state index in [4.69, 9.17) is 28.2 Å². The largest absolute Gasteiger partial charge is 0.348 e. The second-order valence-electron chi connectivity index (χ2n) is 10.1. The second kappa shape index (κ2) is 13.4. The number of benzene rings is 1. The summed E-state index contributed by atoms with van der Waals surface area (Å²) in [7, 11) is 0. The first kappa shape index (κ1) is 28.2. The number of carbonyl (C=O) groups excluding carboxylic acids is 1. The smallest absolute Gasteiger partial charge is 0.254 e. The van der Waals surface area contributed by atoms with E-state index in [9.17, 15) is 4.79 Å². The van der Waals surface area contributed by atoms with Gasteiger partial charge in [0, 0.05) is 57.2 Å². The molecule has 3 aromatic heterocycles. The molecule has 0 bridgehead atoms. The fourth-order valence-corrected chi connectivity index (χ4v) is 5.75. The number of aromatic amines is 1. The third-order valence-corrected chi connectivity index (χ3v) is 7.90. The maximum absolute atomic E-state index is 12.6. The number of pyridine rings is 2. The number of rotatable bonds is 11. The highest BCUT2D eigenvalue weighted by molar-refractivity contribution is 6.39. The summed E-state index contributed by atoms with van der Waals surface area (Å²) < 4.78 is 0. The molecule has 0 radical (unpaired) electrons. The van der Waals surface area contributed by atoms with Gasteiger partial charge in [-0.05, 0) is 48.9 Å². The Bertz CT molecular complexity index is 1390. The number of aromatic nitrogens is 4. The van der Waals surface area contributed by atoms with Gasteiger partial charge in [-0.25, -0.2) is 4.98 Å². The molecule has 1 aliphatic carbocycles. The van der Waals surface area contributed by atoms with Gasteiger partial charge in [-0.15, -0.1) is 0 Å². The van der Waals surface area contributed by atoms with Crippen molar-refractivity contribution < 1.29 is 4.79 Å². The third-order valence-electron chi connectivity index (χ3n) is 7.33. The van der Waals surface area contributed by atoms with Crippen molar-refractivity contribution >= 4 is 29.1 Å². The Hall–Kier alpha value is -3.30. The van der Waals surface area contributed by atoms with Crippen LogP contribution >= 0.6 is 23.2 Å². The summed E-state index contributed by atoms with van der Waals surface area (Å²) in [6, 6.07) is 13.0. The lowest BCUT2D eigenvalue weighted by Gasteiger charge is -2.35. The third kappa shape index (κ3) is 6.88. The molecule has 0 saturated carbocycles. The van der Waals surface area contributed by atoms with Crippen molar-refractivity contribution in [3.05, 3.63) is 111 Å². The summed E-state index contributed by atoms with van der Waals surface area (Å²) in [5.74, 6) is 0.611. The van der Waals surface area contributed by atoms with Gasteiger partial charge in [-0.1, -0.05) is 53.5 Å². The molecule has 3 heterocycles. The zero-order valence-electron chi connectivity index (χ0n) is 22.4. The number of nitrogens with one attached hydrogen (secondary N) is 3. The van der Waals surface area contributed by atoms with Gasteiger partial charge < -0.3 is 15.6 Å². The number of aryl methyl sites for hydroxylation is 1. The molecule has 3 N–H and O–H groups in total. The lowest BCUT2D eigenvalue weighted by atomic mass is 9.90. The number of imidazole rings is 1. The number of hydrogen-bond donors (Lipinski definition) is 3. The van der Waals surface area contributed by atoms with Crippen molar-refractivity contribution in [3.63, 3.8) is 0 Å². The average molecular weight is 579 g/mol. The topological polar surface area (TPSA) is 98.8 Å². The molecular weight excluding hydrogens is 545 g/mol. The monoisotopic (exact) mass is 577 g/mol. The van der Waals surface area contributed by atoms with Crippen molar-refractivity contribution in [2.45, 2.75) is 51.4 Å². The summed E-state index contributed by atoms with van der Waals surface area (Å²) in [6.07, 6.45) is 11.7. The average Bonchev–Trinajstić information content (AvgIpc) is 3.51. The Balaban J connectivity index is 1.25. The molecule has 0 aliphatic heterocycles. The Kier molecular flexibility index (Phi) is 9.44. The molecule has 1 amide bonds. The highest BCUT2D eigenvalue weighted by atomic mass is 35.5. The molecule has 208 valence electrons. The maximum atomic E-state index is 12.6. The fourth-order valence-electron chi connectivity index (χ4n) is 5.22. The van der Waals surface area contributed by atoms with E-state index in [1.54, 1.807) is 6.20 Å². The predicted octanol–water partition coefficient (Wildman–Crippen LogP) is 5.67. The van der Waals surface area contributed by atoms with Crippen LogP contribution in [-0.2, 0) is 19.5 Å². The normalized spacial score (nSPS) is 15.6. The molecule has 10 heteroatoms. The number of hydrogen-bond acceptors (Lipinski definition) is 6. The summed E-state index contributed by atoms with van der Waals surface area (Å²) in [4.78, 5) is 31.4. The standard InChI is InChI=1S/C30H33Cl2N7O/c1-20(29-36-12-13-37-29)34-14-15-39(26-6-2-4-23-5-3-11-35-28(23)26)19-22-9-7-21(8-10-22)16-38-30(40)27-24(31)17-33-18-25(27)32/h3,5,7-13,17-18,20,26,34H,2,4,6,14-16,19H2,1H3,(H,36,37)(H,38,40). The number of fused-ring (bicyclic) bond motifs is 1. The van der Waals surface area contributed by atoms with E-state index in [0.717, 1.165) is 50.3 Å². The van der Waals surface area contributed by atoms with Crippen molar-refractivity contribution in [2.75, 3.05) is 13.1 Å². The van der Waals surface area contributed by atoms with Crippen LogP contribution in [0.2, 0.25) is 10.0 Å². The predicted molar refractivity (Wildman–Crippen MR) is 157 cm³/mol. The molecular formula is C30H33Cl2N7O. The lowest BCUT2D eigenvalue weighted by Crippen LogP contribution is -2.37. The maximum Gasteiger partial charge on any atom is 0.254 e. The molecule has 8 nitrogen and oxygen atoms in total. The van der Waals surface area contributed by atoms with E-state index in [1.165, 1.54) is 29.2 Å². The minimum absolute atomic E-state index is 0.139. The first-order chi connectivity index (χ1) is 19.5. The molecule has 4 aromatic rings. The SMILES string of the molecule is CC(NCCN(Cc1ccc(CNC(=O)c2c(Cl)cncc2Cl)cc1)C1CCCc2cccnc21)c1ncc[nH]1. The minimum atomic E-state index is -0.326. The Morgan fingerprint density at radius 1 is 1.10 bits per heavy atom. The van der Waals surface area contributed by atoms with Gasteiger partial charge in [0.15, 0.2) is 0 Å². The molecule has 2 unspecified atom stereocenters. The van der Waals surface area contributed by atoms with Crippen LogP contribution in [0.15, 0.2) is 67.4 Å². The van der Waals surface area contributed by atoms with Gasteiger partial charge in [0.1, 0.15) is 5.82 Å². The van der Waals surface area contributed by atoms with Crippen LogP contribution in [0.3, 0.4) is 0 Å². The molecule has 1 aromatic carbocycles. The van der Waals surface area contributed by atoms with Crippen LogP contribution in [0.4, 0.5) is 0 Å². The molecule has 5 rings (SSSR count). The zero-order chi connectivity index (χ0) is 27.9. The van der Waals surface area contributed by atoms with Crippen LogP contribution in [0, 0.1) is 0 Å². The number of nitrogens with zero attached hydrogens (tertiary/aromatic N) is 4. The molecule has 0 fully saturated rings.